The van der Waals surface area contributed by atoms with Crippen molar-refractivity contribution >= 4 is 29.1 Å². The summed E-state index contributed by atoms with van der Waals surface area (Å²) in [6, 6.07) is 5.06. The first-order valence-corrected chi connectivity index (χ1v) is 6.53. The van der Waals surface area contributed by atoms with Crippen LogP contribution < -0.4 is 5.73 Å². The Morgan fingerprint density at radius 3 is 2.42 bits per heavy atom. The highest BCUT2D eigenvalue weighted by Gasteiger charge is 2.37. The van der Waals surface area contributed by atoms with Crippen LogP contribution in [0.1, 0.15) is 32.3 Å². The first-order chi connectivity index (χ1) is 8.78. The van der Waals surface area contributed by atoms with Gasteiger partial charge in [0.15, 0.2) is 0 Å². The van der Waals surface area contributed by atoms with Gasteiger partial charge in [-0.1, -0.05) is 25.4 Å². The lowest BCUT2D eigenvalue weighted by Crippen LogP contribution is -2.45. The van der Waals surface area contributed by atoms with Crippen molar-refractivity contribution < 1.29 is 9.59 Å². The Balaban J connectivity index is 2.21. The normalized spacial score (nSPS) is 18.8. The molecule has 4 nitrogen and oxygen atoms in total. The van der Waals surface area contributed by atoms with E-state index in [1.54, 1.807) is 18.2 Å². The predicted octanol–water partition coefficient (Wildman–Crippen LogP) is 2.60. The van der Waals surface area contributed by atoms with Crippen LogP contribution in [0.3, 0.4) is 0 Å². The van der Waals surface area contributed by atoms with Crippen LogP contribution in [0.5, 0.6) is 0 Å². The molecule has 2 amide bonds. The molecule has 1 fully saturated rings. The van der Waals surface area contributed by atoms with E-state index in [0.717, 1.165) is 0 Å². The molecule has 19 heavy (non-hydrogen) atoms. The van der Waals surface area contributed by atoms with Gasteiger partial charge < -0.3 is 5.73 Å². The Morgan fingerprint density at radius 1 is 1.26 bits per heavy atom. The number of hydrogen-bond donors (Lipinski definition) is 1. The molecular formula is C14H17ClN2O2. The number of nitrogens with two attached hydrogens (primary N) is 1. The smallest absolute Gasteiger partial charge is 0.230 e. The van der Waals surface area contributed by atoms with E-state index < -0.39 is 0 Å². The van der Waals surface area contributed by atoms with Gasteiger partial charge in [0, 0.05) is 23.6 Å². The lowest BCUT2D eigenvalue weighted by molar-refractivity contribution is -0.153. The maximum Gasteiger partial charge on any atom is 0.230 e. The number of imide groups is 1. The molecular weight excluding hydrogens is 264 g/mol. The molecule has 1 aromatic rings. The van der Waals surface area contributed by atoms with Crippen molar-refractivity contribution in [3.63, 3.8) is 0 Å². The number of hydrogen-bond acceptors (Lipinski definition) is 3. The van der Waals surface area contributed by atoms with Crippen molar-refractivity contribution in [2.45, 2.75) is 33.2 Å². The lowest BCUT2D eigenvalue weighted by Gasteiger charge is -2.34. The molecule has 0 aliphatic carbocycles. The number of carbonyl (C=O) groups is 2. The predicted molar refractivity (Wildman–Crippen MR) is 74.4 cm³/mol. The van der Waals surface area contributed by atoms with Crippen molar-refractivity contribution in [3.8, 4) is 0 Å². The maximum atomic E-state index is 12.1. The van der Waals surface area contributed by atoms with Crippen LogP contribution in [0, 0.1) is 5.41 Å². The van der Waals surface area contributed by atoms with E-state index >= 15 is 0 Å². The standard InChI is InChI=1S/C14H17ClN2O2/c1-14(2)6-12(18)17(13(19)7-14)8-9-5-10(16)3-4-11(9)15/h3-5H,6-8,16H2,1-2H3. The Bertz CT molecular complexity index is 520. The van der Waals surface area contributed by atoms with Crippen molar-refractivity contribution in [2.24, 2.45) is 5.41 Å². The number of rotatable bonds is 2. The van der Waals surface area contributed by atoms with Gasteiger partial charge in [0.05, 0.1) is 6.54 Å². The Hall–Kier alpha value is -1.55. The van der Waals surface area contributed by atoms with Gasteiger partial charge in [0.2, 0.25) is 11.8 Å². The highest BCUT2D eigenvalue weighted by molar-refractivity contribution is 6.31. The zero-order chi connectivity index (χ0) is 14.2. The van der Waals surface area contributed by atoms with Crippen LogP contribution in [-0.4, -0.2) is 16.7 Å². The molecule has 0 radical (unpaired) electrons. The minimum Gasteiger partial charge on any atom is -0.399 e. The molecule has 2 rings (SSSR count). The summed E-state index contributed by atoms with van der Waals surface area (Å²) >= 11 is 6.06. The lowest BCUT2D eigenvalue weighted by atomic mass is 9.81. The van der Waals surface area contributed by atoms with Crippen molar-refractivity contribution in [3.05, 3.63) is 28.8 Å². The van der Waals surface area contributed by atoms with Crippen molar-refractivity contribution in [1.29, 1.82) is 0 Å². The van der Waals surface area contributed by atoms with E-state index in [4.69, 9.17) is 17.3 Å². The van der Waals surface area contributed by atoms with Gasteiger partial charge in [0.25, 0.3) is 0 Å². The second kappa shape index (κ2) is 4.85. The van der Waals surface area contributed by atoms with Gasteiger partial charge in [-0.25, -0.2) is 0 Å². The van der Waals surface area contributed by atoms with Gasteiger partial charge in [-0.2, -0.15) is 0 Å². The molecule has 2 N–H and O–H groups in total. The molecule has 1 aliphatic heterocycles. The third-order valence-electron chi connectivity index (χ3n) is 3.26. The fraction of sp³-hybridized carbons (Fsp3) is 0.429. The summed E-state index contributed by atoms with van der Waals surface area (Å²) in [6.45, 7) is 4.04. The number of nitrogen functional groups attached to an aromatic ring is 1. The number of likely N-dealkylation sites (tertiary alicyclic amines) is 1. The van der Waals surface area contributed by atoms with E-state index in [1.165, 1.54) is 4.90 Å². The summed E-state index contributed by atoms with van der Waals surface area (Å²) in [5, 5.41) is 0.514. The third kappa shape index (κ3) is 3.07. The summed E-state index contributed by atoms with van der Waals surface area (Å²) in [5.41, 5.74) is 6.70. The molecule has 0 saturated carbocycles. The summed E-state index contributed by atoms with van der Waals surface area (Å²) < 4.78 is 0. The highest BCUT2D eigenvalue weighted by Crippen LogP contribution is 2.33. The number of benzene rings is 1. The average molecular weight is 281 g/mol. The molecule has 0 aromatic heterocycles. The average Bonchev–Trinajstić information content (AvgIpc) is 2.26. The molecule has 1 aromatic carbocycles. The Kier molecular flexibility index (Phi) is 3.54. The van der Waals surface area contributed by atoms with Crippen molar-refractivity contribution in [2.75, 3.05) is 5.73 Å². The number of nitrogens with zero attached hydrogens (tertiary/aromatic N) is 1. The zero-order valence-corrected chi connectivity index (χ0v) is 11.8. The number of anilines is 1. The fourth-order valence-electron chi connectivity index (χ4n) is 2.27. The number of amides is 2. The first-order valence-electron chi connectivity index (χ1n) is 6.16. The molecule has 5 heteroatoms. The molecule has 0 unspecified atom stereocenters. The molecule has 0 spiro atoms. The molecule has 102 valence electrons. The molecule has 1 aliphatic rings. The maximum absolute atomic E-state index is 12.1. The Labute approximate surface area is 117 Å². The zero-order valence-electron chi connectivity index (χ0n) is 11.1. The van der Waals surface area contributed by atoms with E-state index in [2.05, 4.69) is 0 Å². The van der Waals surface area contributed by atoms with E-state index in [9.17, 15) is 9.59 Å². The quantitative estimate of drug-likeness (QED) is 0.669. The van der Waals surface area contributed by atoms with Crippen LogP contribution in [0.15, 0.2) is 18.2 Å². The van der Waals surface area contributed by atoms with Crippen LogP contribution >= 0.6 is 11.6 Å². The van der Waals surface area contributed by atoms with Crippen LogP contribution in [0.2, 0.25) is 5.02 Å². The third-order valence-corrected chi connectivity index (χ3v) is 3.63. The highest BCUT2D eigenvalue weighted by atomic mass is 35.5. The summed E-state index contributed by atoms with van der Waals surface area (Å²) in [7, 11) is 0. The summed E-state index contributed by atoms with van der Waals surface area (Å²) in [4.78, 5) is 25.4. The van der Waals surface area contributed by atoms with Gasteiger partial charge in [-0.05, 0) is 29.2 Å². The van der Waals surface area contributed by atoms with Gasteiger partial charge in [-0.15, -0.1) is 0 Å². The van der Waals surface area contributed by atoms with E-state index in [0.29, 0.717) is 29.1 Å². The topological polar surface area (TPSA) is 63.4 Å². The molecule has 1 saturated heterocycles. The van der Waals surface area contributed by atoms with Crippen LogP contribution in [0.4, 0.5) is 5.69 Å². The largest absolute Gasteiger partial charge is 0.399 e. The SMILES string of the molecule is CC1(C)CC(=O)N(Cc2cc(N)ccc2Cl)C(=O)C1. The monoisotopic (exact) mass is 280 g/mol. The summed E-state index contributed by atoms with van der Waals surface area (Å²) in [6.07, 6.45) is 0.747. The van der Waals surface area contributed by atoms with Crippen LogP contribution in [0.25, 0.3) is 0 Å². The van der Waals surface area contributed by atoms with Gasteiger partial charge in [0.1, 0.15) is 0 Å². The van der Waals surface area contributed by atoms with E-state index in [-0.39, 0.29) is 23.8 Å². The second-order valence-corrected chi connectivity index (χ2v) is 6.15. The minimum atomic E-state index is -0.260. The first kappa shape index (κ1) is 13.9. The number of piperidine rings is 1. The minimum absolute atomic E-state index is 0.153. The van der Waals surface area contributed by atoms with Crippen LogP contribution in [-0.2, 0) is 16.1 Å². The number of halogens is 1. The van der Waals surface area contributed by atoms with Gasteiger partial charge >= 0.3 is 0 Å². The Morgan fingerprint density at radius 2 is 1.84 bits per heavy atom. The summed E-state index contributed by atoms with van der Waals surface area (Å²) in [5.74, 6) is -0.306. The van der Waals surface area contributed by atoms with E-state index in [1.807, 2.05) is 13.8 Å². The molecule has 0 bridgehead atoms. The second-order valence-electron chi connectivity index (χ2n) is 5.74. The number of carbonyl (C=O) groups excluding carboxylic acids is 2. The van der Waals surface area contributed by atoms with Gasteiger partial charge in [-0.3, -0.25) is 14.5 Å². The molecule has 1 heterocycles. The van der Waals surface area contributed by atoms with Crippen molar-refractivity contribution in [1.82, 2.24) is 4.90 Å². The molecule has 0 atom stereocenters. The fourth-order valence-corrected chi connectivity index (χ4v) is 2.45.